The average molecular weight is 1830 g/mol. The van der Waals surface area contributed by atoms with Gasteiger partial charge < -0.3 is 137 Å². The molecule has 0 bridgehead atoms. The molecule has 0 aromatic heterocycles. The third kappa shape index (κ3) is 63.8. The zero-order valence-corrected chi connectivity index (χ0v) is 77.7. The molecule has 1 fully saturated rings. The van der Waals surface area contributed by atoms with E-state index in [0.717, 1.165) is 154 Å². The van der Waals surface area contributed by atoms with E-state index in [4.69, 9.17) is 108 Å². The Morgan fingerprint density at radius 1 is 0.296 bits per heavy atom. The summed E-state index contributed by atoms with van der Waals surface area (Å²) in [4.78, 5) is 93.5. The third-order valence-corrected chi connectivity index (χ3v) is 26.2. The van der Waals surface area contributed by atoms with Gasteiger partial charge in [0.25, 0.3) is 7.59 Å². The molecule has 0 aromatic carbocycles. The quantitative estimate of drug-likeness (QED) is 0.00769. The van der Waals surface area contributed by atoms with Gasteiger partial charge in [-0.1, -0.05) is 124 Å². The number of guanidine groups is 8. The molecule has 0 spiro atoms. The van der Waals surface area contributed by atoms with E-state index in [1.54, 1.807) is 46.4 Å². The Morgan fingerprint density at radius 2 is 0.488 bits per heavy atom. The van der Waals surface area contributed by atoms with Crippen molar-refractivity contribution < 1.29 is 52.3 Å². The number of nitrogens with one attached hydrogen (secondary N) is 16. The predicted molar refractivity (Wildman–Crippen MR) is 505 cm³/mol. The second kappa shape index (κ2) is 75.4. The molecule has 0 aliphatic carbocycles. The summed E-state index contributed by atoms with van der Waals surface area (Å²) in [5, 5.41) is 83.4. The number of hydrogen-bond acceptors (Lipinski definition) is 21. The highest BCUT2D eigenvalue weighted by Gasteiger charge is 2.45. The van der Waals surface area contributed by atoms with Crippen molar-refractivity contribution in [1.29, 1.82) is 43.3 Å². The van der Waals surface area contributed by atoms with Crippen LogP contribution in [0.5, 0.6) is 0 Å². The summed E-state index contributed by atoms with van der Waals surface area (Å²) in [7, 11) is 0.124. The van der Waals surface area contributed by atoms with Crippen molar-refractivity contribution in [2.75, 3.05) is 195 Å². The maximum atomic E-state index is 18.0. The van der Waals surface area contributed by atoms with Crippen LogP contribution < -0.4 is 88.4 Å². The zero-order chi connectivity index (χ0) is 92.4. The van der Waals surface area contributed by atoms with E-state index in [0.29, 0.717) is 174 Å². The molecule has 43 nitrogen and oxygen atoms in total. The lowest BCUT2D eigenvalue weighted by Gasteiger charge is -2.47. The van der Waals surface area contributed by atoms with Crippen molar-refractivity contribution in [3.63, 3.8) is 0 Å². The fraction of sp³-hybridized carbons (Fsp3) is 0.821. The predicted octanol–water partition coefficient (Wildman–Crippen LogP) is 4.27. The van der Waals surface area contributed by atoms with Crippen LogP contribution in [0, 0.1) is 43.3 Å². The Bertz CT molecular complexity index is 2660. The first kappa shape index (κ1) is 114. The van der Waals surface area contributed by atoms with Crippen LogP contribution in [0.2, 0.25) is 0 Å². The molecule has 720 valence electrons. The summed E-state index contributed by atoms with van der Waals surface area (Å²) in [6.45, 7) is 5.30. The topological polar surface area (TPSA) is 678 Å². The van der Waals surface area contributed by atoms with Crippen LogP contribution in [-0.2, 0) is 33.1 Å². The molecule has 1 rings (SSSR count). The van der Waals surface area contributed by atoms with Gasteiger partial charge in [-0.05, 0) is 103 Å². The highest BCUT2D eigenvalue weighted by Crippen LogP contribution is 2.56. The van der Waals surface area contributed by atoms with Gasteiger partial charge >= 0.3 is 24.4 Å². The summed E-state index contributed by atoms with van der Waals surface area (Å²) in [6, 6.07) is 0. The number of hydrogen-bond donors (Lipinski definition) is 24. The van der Waals surface area contributed by atoms with Crippen molar-refractivity contribution in [3.05, 3.63) is 0 Å². The highest BCUT2D eigenvalue weighted by molar-refractivity contribution is 8.76. The molecule has 32 N–H and O–H groups in total. The monoisotopic (exact) mass is 1830 g/mol. The Kier molecular flexibility index (Phi) is 68.9. The molecule has 5 amide bonds. The van der Waals surface area contributed by atoms with Gasteiger partial charge in [0, 0.05) is 181 Å². The molecular formula is C78H162BN32O11PS2. The van der Waals surface area contributed by atoms with E-state index in [1.807, 2.05) is 0 Å². The van der Waals surface area contributed by atoms with E-state index in [1.165, 1.54) is 21.6 Å². The Morgan fingerprint density at radius 3 is 0.680 bits per heavy atom. The normalized spacial score (nSPS) is 12.4. The first-order valence-corrected chi connectivity index (χ1v) is 49.3. The first-order chi connectivity index (χ1) is 60.1. The second-order valence-corrected chi connectivity index (χ2v) is 36.5. The van der Waals surface area contributed by atoms with Gasteiger partial charge in [-0.2, -0.15) is 0 Å². The average Bonchev–Trinajstić information content (AvgIpc) is 0.771. The number of rotatable bonds is 78. The number of nitrogens with zero attached hydrogens (tertiary/aromatic N) is 8. The fourth-order valence-electron chi connectivity index (χ4n) is 13.6. The maximum Gasteiger partial charge on any atom is 0.409 e. The van der Waals surface area contributed by atoms with Crippen molar-refractivity contribution in [2.45, 2.75) is 218 Å². The van der Waals surface area contributed by atoms with E-state index in [9.17, 15) is 28.8 Å². The molecule has 1 aliphatic heterocycles. The van der Waals surface area contributed by atoms with E-state index in [-0.39, 0.29) is 144 Å². The van der Waals surface area contributed by atoms with Gasteiger partial charge in [0.15, 0.2) is 55.5 Å². The molecule has 1 aliphatic rings. The van der Waals surface area contributed by atoms with E-state index < -0.39 is 32.0 Å². The molecule has 0 radical (unpaired) electrons. The maximum absolute atomic E-state index is 18.0. The zero-order valence-electron chi connectivity index (χ0n) is 75.2. The molecular weight excluding hydrogens is 1670 g/mol. The number of ether oxygens (including phenoxy) is 4. The molecule has 1 saturated heterocycles. The lowest BCUT2D eigenvalue weighted by Crippen LogP contribution is -2.53. The summed E-state index contributed by atoms with van der Waals surface area (Å²) in [5.74, 6) is 0.0434. The lowest BCUT2D eigenvalue weighted by molar-refractivity contribution is -0.132. The molecule has 0 aromatic rings. The van der Waals surface area contributed by atoms with E-state index in [2.05, 4.69) is 42.5 Å². The van der Waals surface area contributed by atoms with Crippen molar-refractivity contribution >= 4 is 121 Å². The lowest BCUT2D eigenvalue weighted by atomic mass is 10.0. The fourth-order valence-corrected chi connectivity index (χ4v) is 18.8. The standard InChI is InChI=1S/C78H162BN32O11PS2/c79-65(112)33-63-124-125-64-34-66(113)104-51-53-109(54-52-104)123(118,110(55-59-119-75(114)105(43-25-9-1-17-35-96-67(80)81)44-26-10-2-18-36-97-68(82)83)56-60-120-76(115)106(45-27-11-3-19-37-98-69(84)85)46-28-12-4-20-38-99-70(86)87)111(57-61-121-77(116)107(47-29-13-5-21-39-100-71(88)89)48-30-14-6-22-40-101-72(90)91)58-62-122-78(117)108(49-31-15-7-23-41-102-73(92)93)50-32-16-8-24-42-103-74(94)95/h1-64,79H2,(H4,80,81,96)(H4,82,83,97)(H4,84,85,98)(H4,86,87,99)(H4,88,89,100)(H4,90,91,101)(H4,92,93,102)(H4,94,95,103). The van der Waals surface area contributed by atoms with Crippen LogP contribution in [0.3, 0.4) is 0 Å². The molecule has 0 atom stereocenters. The second-order valence-electron chi connectivity index (χ2n) is 31.0. The number of carbonyl (C=O) groups excluding carboxylic acids is 6. The molecule has 125 heavy (non-hydrogen) atoms. The number of carbonyl (C=O) groups is 6. The Labute approximate surface area is 752 Å². The van der Waals surface area contributed by atoms with Crippen LogP contribution in [0.15, 0.2) is 0 Å². The number of unbranched alkanes of at least 4 members (excludes halogenated alkanes) is 24. The Balaban J connectivity index is 4.43. The van der Waals surface area contributed by atoms with Gasteiger partial charge in [0.2, 0.25) is 5.91 Å². The smallest absolute Gasteiger partial charge is 0.409 e. The summed E-state index contributed by atoms with van der Waals surface area (Å²) in [6.07, 6.45) is 21.7. The Hall–Kier alpha value is -8.75. The molecule has 0 unspecified atom stereocenters. The van der Waals surface area contributed by atoms with Crippen molar-refractivity contribution in [1.82, 2.24) is 81.0 Å². The minimum absolute atomic E-state index is 0.0509. The minimum Gasteiger partial charge on any atom is -0.448 e. The van der Waals surface area contributed by atoms with Gasteiger partial charge in [-0.15, -0.1) is 0 Å². The highest BCUT2D eigenvalue weighted by atomic mass is 33.1. The summed E-state index contributed by atoms with van der Waals surface area (Å²) in [5.41, 5.74) is 44.5. The molecule has 0 saturated carbocycles. The molecule has 47 heteroatoms. The SMILES string of the molecule is BC(=O)CCSSCCC(=O)N1CCN(P(=O)(N(CCOC(=O)N(CCCCCCNC(=N)N)CCCCCCNC(=N)N)CCOC(=O)N(CCCCCCNC(=N)N)CCCCCCNC(=N)N)N(CCOC(=O)N(CCCCCCNC(=N)N)CCCCCCNC(=N)N)CCOC(=O)N(CCCCCCNC(=N)N)CCCCCCNC(=N)N)CC1. The number of amides is 5. The number of piperazine rings is 1. The van der Waals surface area contributed by atoms with Gasteiger partial charge in [0.1, 0.15) is 26.4 Å². The summed E-state index contributed by atoms with van der Waals surface area (Å²) < 4.78 is 48.3. The first-order valence-electron chi connectivity index (χ1n) is 45.2. The van der Waals surface area contributed by atoms with Gasteiger partial charge in [-0.25, -0.2) is 33.2 Å². The number of nitrogens with two attached hydrogens (primary N) is 8. The van der Waals surface area contributed by atoms with Crippen LogP contribution in [0.25, 0.3) is 0 Å². The molecule has 1 heterocycles. The minimum atomic E-state index is -4.45. The third-order valence-electron chi connectivity index (χ3n) is 20.4. The van der Waals surface area contributed by atoms with Crippen LogP contribution >= 0.6 is 29.2 Å². The van der Waals surface area contributed by atoms with E-state index >= 15 is 4.57 Å². The van der Waals surface area contributed by atoms with Crippen LogP contribution in [0.1, 0.15) is 218 Å². The summed E-state index contributed by atoms with van der Waals surface area (Å²) >= 11 is 0. The largest absolute Gasteiger partial charge is 0.448 e. The van der Waals surface area contributed by atoms with Crippen molar-refractivity contribution in [3.8, 4) is 0 Å². The van der Waals surface area contributed by atoms with Crippen LogP contribution in [0.4, 0.5) is 19.2 Å². The van der Waals surface area contributed by atoms with Crippen LogP contribution in [-0.4, -0.2) is 325 Å². The van der Waals surface area contributed by atoms with Gasteiger partial charge in [0.05, 0.1) is 5.68 Å². The van der Waals surface area contributed by atoms with Gasteiger partial charge in [-0.3, -0.25) is 52.6 Å². The van der Waals surface area contributed by atoms with Crippen molar-refractivity contribution in [2.24, 2.45) is 45.9 Å².